The van der Waals surface area contributed by atoms with Gasteiger partial charge in [-0.3, -0.25) is 4.98 Å². The molecule has 2 rings (SSSR count). The number of rotatable bonds is 6. The smallest absolute Gasteiger partial charge is 0.170 e. The van der Waals surface area contributed by atoms with Crippen molar-refractivity contribution in [3.05, 3.63) is 36.7 Å². The minimum Gasteiger partial charge on any atom is -0.382 e. The maximum absolute atomic E-state index is 5.29. The molecule has 0 spiro atoms. The van der Waals surface area contributed by atoms with Crippen LogP contribution in [0.25, 0.3) is 10.8 Å². The highest BCUT2D eigenvalue weighted by Crippen LogP contribution is 2.21. The number of benzene rings is 1. The first kappa shape index (κ1) is 14.7. The standard InChI is InChI=1S/C15H19N3OS/c1-2-19-10-4-8-17-15(20)18-14-6-3-5-12-7-9-16-11-13(12)14/h3,5-7,9,11H,2,4,8,10H2,1H3,(H2,17,18,20). The van der Waals surface area contributed by atoms with Crippen LogP contribution in [0.15, 0.2) is 36.7 Å². The Kier molecular flexibility index (Phi) is 5.70. The predicted octanol–water partition coefficient (Wildman–Crippen LogP) is 2.95. The molecule has 1 aromatic heterocycles. The monoisotopic (exact) mass is 289 g/mol. The van der Waals surface area contributed by atoms with Gasteiger partial charge in [0.05, 0.1) is 0 Å². The number of aromatic nitrogens is 1. The quantitative estimate of drug-likeness (QED) is 0.632. The molecule has 0 fully saturated rings. The molecule has 0 saturated heterocycles. The van der Waals surface area contributed by atoms with Crippen molar-refractivity contribution in [3.63, 3.8) is 0 Å². The highest BCUT2D eigenvalue weighted by atomic mass is 32.1. The lowest BCUT2D eigenvalue weighted by Gasteiger charge is -2.12. The first-order chi connectivity index (χ1) is 9.81. The van der Waals surface area contributed by atoms with Gasteiger partial charge in [-0.05, 0) is 43.1 Å². The van der Waals surface area contributed by atoms with Gasteiger partial charge in [-0.1, -0.05) is 12.1 Å². The molecule has 0 unspecified atom stereocenters. The Bertz CT molecular complexity index is 569. The van der Waals surface area contributed by atoms with Crippen LogP contribution in [0.4, 0.5) is 5.69 Å². The molecule has 106 valence electrons. The molecular formula is C15H19N3OS. The van der Waals surface area contributed by atoms with Crippen molar-refractivity contribution >= 4 is 33.8 Å². The van der Waals surface area contributed by atoms with Crippen molar-refractivity contribution in [3.8, 4) is 0 Å². The van der Waals surface area contributed by atoms with E-state index in [2.05, 4.69) is 21.7 Å². The SMILES string of the molecule is CCOCCCNC(=S)Nc1cccc2ccncc12. The summed E-state index contributed by atoms with van der Waals surface area (Å²) in [5, 5.41) is 9.22. The van der Waals surface area contributed by atoms with E-state index in [1.807, 2.05) is 31.3 Å². The largest absolute Gasteiger partial charge is 0.382 e. The highest BCUT2D eigenvalue weighted by Gasteiger charge is 2.02. The molecule has 0 bridgehead atoms. The molecule has 0 atom stereocenters. The van der Waals surface area contributed by atoms with E-state index in [-0.39, 0.29) is 0 Å². The van der Waals surface area contributed by atoms with Crippen LogP contribution in [0.2, 0.25) is 0 Å². The zero-order valence-corrected chi connectivity index (χ0v) is 12.4. The zero-order chi connectivity index (χ0) is 14.2. The number of ether oxygens (including phenoxy) is 1. The molecule has 0 aliphatic heterocycles. The van der Waals surface area contributed by atoms with E-state index < -0.39 is 0 Å². The van der Waals surface area contributed by atoms with Crippen molar-refractivity contribution in [2.45, 2.75) is 13.3 Å². The van der Waals surface area contributed by atoms with Gasteiger partial charge in [-0.25, -0.2) is 0 Å². The maximum Gasteiger partial charge on any atom is 0.170 e. The van der Waals surface area contributed by atoms with Crippen LogP contribution in [0.3, 0.4) is 0 Å². The van der Waals surface area contributed by atoms with E-state index in [0.717, 1.165) is 42.6 Å². The molecule has 2 N–H and O–H groups in total. The Balaban J connectivity index is 1.90. The summed E-state index contributed by atoms with van der Waals surface area (Å²) in [7, 11) is 0. The number of fused-ring (bicyclic) bond motifs is 1. The number of nitrogens with one attached hydrogen (secondary N) is 2. The molecule has 0 amide bonds. The molecule has 5 heteroatoms. The Morgan fingerprint density at radius 1 is 1.35 bits per heavy atom. The number of pyridine rings is 1. The number of hydrogen-bond acceptors (Lipinski definition) is 3. The summed E-state index contributed by atoms with van der Waals surface area (Å²) in [6, 6.07) is 8.04. The fraction of sp³-hybridized carbons (Fsp3) is 0.333. The number of hydrogen-bond donors (Lipinski definition) is 2. The Morgan fingerprint density at radius 3 is 3.10 bits per heavy atom. The van der Waals surface area contributed by atoms with E-state index in [9.17, 15) is 0 Å². The van der Waals surface area contributed by atoms with Crippen LogP contribution in [0, 0.1) is 0 Å². The fourth-order valence-corrected chi connectivity index (χ4v) is 2.12. The van der Waals surface area contributed by atoms with Gasteiger partial charge in [0.1, 0.15) is 0 Å². The summed E-state index contributed by atoms with van der Waals surface area (Å²) in [6.07, 6.45) is 4.57. The molecule has 0 aliphatic carbocycles. The maximum atomic E-state index is 5.29. The predicted molar refractivity (Wildman–Crippen MR) is 87.1 cm³/mol. The minimum atomic E-state index is 0.623. The number of thiocarbonyl (C=S) groups is 1. The Morgan fingerprint density at radius 2 is 2.25 bits per heavy atom. The van der Waals surface area contributed by atoms with E-state index in [4.69, 9.17) is 17.0 Å². The van der Waals surface area contributed by atoms with E-state index in [0.29, 0.717) is 5.11 Å². The lowest BCUT2D eigenvalue weighted by atomic mass is 10.1. The molecule has 2 aromatic rings. The van der Waals surface area contributed by atoms with E-state index in [1.165, 1.54) is 0 Å². The molecular weight excluding hydrogens is 270 g/mol. The molecule has 0 saturated carbocycles. The van der Waals surface area contributed by atoms with Gasteiger partial charge in [-0.15, -0.1) is 0 Å². The average molecular weight is 289 g/mol. The molecule has 4 nitrogen and oxygen atoms in total. The van der Waals surface area contributed by atoms with Crippen molar-refractivity contribution in [2.75, 3.05) is 25.1 Å². The summed E-state index contributed by atoms with van der Waals surface area (Å²) < 4.78 is 5.28. The van der Waals surface area contributed by atoms with Crippen molar-refractivity contribution in [1.29, 1.82) is 0 Å². The summed E-state index contributed by atoms with van der Waals surface area (Å²) in [5.41, 5.74) is 0.970. The third-order valence-electron chi connectivity index (χ3n) is 2.89. The van der Waals surface area contributed by atoms with Crippen molar-refractivity contribution in [2.24, 2.45) is 0 Å². The first-order valence-electron chi connectivity index (χ1n) is 6.76. The minimum absolute atomic E-state index is 0.623. The van der Waals surface area contributed by atoms with Gasteiger partial charge in [0.2, 0.25) is 0 Å². The van der Waals surface area contributed by atoms with Gasteiger partial charge in [0.15, 0.2) is 5.11 Å². The zero-order valence-electron chi connectivity index (χ0n) is 11.6. The van der Waals surface area contributed by atoms with Crippen LogP contribution in [0.5, 0.6) is 0 Å². The molecule has 1 heterocycles. The van der Waals surface area contributed by atoms with E-state index >= 15 is 0 Å². The van der Waals surface area contributed by atoms with Crippen molar-refractivity contribution < 1.29 is 4.74 Å². The second-order valence-corrected chi connectivity index (χ2v) is 4.74. The molecule has 1 aromatic carbocycles. The van der Waals surface area contributed by atoms with Gasteiger partial charge in [-0.2, -0.15) is 0 Å². The van der Waals surface area contributed by atoms with Crippen molar-refractivity contribution in [1.82, 2.24) is 10.3 Å². The average Bonchev–Trinajstić information content (AvgIpc) is 2.47. The molecule has 0 aliphatic rings. The van der Waals surface area contributed by atoms with Crippen LogP contribution in [-0.2, 0) is 4.74 Å². The number of anilines is 1. The molecule has 20 heavy (non-hydrogen) atoms. The Labute approximate surface area is 124 Å². The lowest BCUT2D eigenvalue weighted by Crippen LogP contribution is -2.29. The second-order valence-electron chi connectivity index (χ2n) is 4.33. The lowest BCUT2D eigenvalue weighted by molar-refractivity contribution is 0.146. The summed E-state index contributed by atoms with van der Waals surface area (Å²) in [6.45, 7) is 4.30. The summed E-state index contributed by atoms with van der Waals surface area (Å²) in [4.78, 5) is 4.16. The molecule has 0 radical (unpaired) electrons. The van der Waals surface area contributed by atoms with Gasteiger partial charge >= 0.3 is 0 Å². The third-order valence-corrected chi connectivity index (χ3v) is 3.13. The van der Waals surface area contributed by atoms with Crippen LogP contribution >= 0.6 is 12.2 Å². The van der Waals surface area contributed by atoms with Crippen LogP contribution in [0.1, 0.15) is 13.3 Å². The fourth-order valence-electron chi connectivity index (χ4n) is 1.91. The topological polar surface area (TPSA) is 46.2 Å². The third kappa shape index (κ3) is 4.15. The summed E-state index contributed by atoms with van der Waals surface area (Å²) in [5.74, 6) is 0. The summed E-state index contributed by atoms with van der Waals surface area (Å²) >= 11 is 5.29. The Hall–Kier alpha value is -1.72. The second kappa shape index (κ2) is 7.77. The highest BCUT2D eigenvalue weighted by molar-refractivity contribution is 7.80. The van der Waals surface area contributed by atoms with E-state index in [1.54, 1.807) is 6.20 Å². The van der Waals surface area contributed by atoms with Gasteiger partial charge in [0.25, 0.3) is 0 Å². The number of nitrogens with zero attached hydrogens (tertiary/aromatic N) is 1. The normalized spacial score (nSPS) is 10.4. The first-order valence-corrected chi connectivity index (χ1v) is 7.17. The van der Waals surface area contributed by atoms with Gasteiger partial charge < -0.3 is 15.4 Å². The van der Waals surface area contributed by atoms with Crippen LogP contribution < -0.4 is 10.6 Å². The van der Waals surface area contributed by atoms with Crippen LogP contribution in [-0.4, -0.2) is 29.9 Å². The van der Waals surface area contributed by atoms with Gasteiger partial charge in [0, 0.05) is 43.2 Å².